The van der Waals surface area contributed by atoms with Gasteiger partial charge >= 0.3 is 0 Å². The van der Waals surface area contributed by atoms with E-state index in [1.165, 1.54) is 22.3 Å². The summed E-state index contributed by atoms with van der Waals surface area (Å²) in [4.78, 5) is 0. The summed E-state index contributed by atoms with van der Waals surface area (Å²) >= 11 is 0. The lowest BCUT2D eigenvalue weighted by Crippen LogP contribution is -2.33. The predicted molar refractivity (Wildman–Crippen MR) is 135 cm³/mol. The highest BCUT2D eigenvalue weighted by molar-refractivity contribution is 7.56. The van der Waals surface area contributed by atoms with Gasteiger partial charge in [0.1, 0.15) is 0 Å². The number of benzene rings is 2. The van der Waals surface area contributed by atoms with E-state index in [2.05, 4.69) is 119 Å². The topological polar surface area (TPSA) is 0 Å². The fraction of sp³-hybridized carbons (Fsp3) is 0.571. The van der Waals surface area contributed by atoms with Gasteiger partial charge in [0.05, 0.1) is 0 Å². The summed E-state index contributed by atoms with van der Waals surface area (Å²) in [5.74, 6) is 0. The van der Waals surface area contributed by atoms with E-state index in [4.69, 9.17) is 0 Å². The second kappa shape index (κ2) is 7.85. The van der Waals surface area contributed by atoms with Crippen LogP contribution in [0.5, 0.6) is 0 Å². The van der Waals surface area contributed by atoms with Crippen molar-refractivity contribution in [1.82, 2.24) is 0 Å². The van der Waals surface area contributed by atoms with E-state index in [0.29, 0.717) is 8.58 Å². The third-order valence-corrected chi connectivity index (χ3v) is 7.19. The van der Waals surface area contributed by atoms with Crippen molar-refractivity contribution in [2.45, 2.75) is 105 Å². The Labute approximate surface area is 182 Å². The maximum absolute atomic E-state index is 2.36. The van der Waals surface area contributed by atoms with Gasteiger partial charge in [-0.2, -0.15) is 0 Å². The molecule has 0 aliphatic carbocycles. The molecule has 29 heavy (non-hydrogen) atoms. The van der Waals surface area contributed by atoms with Gasteiger partial charge in [0.15, 0.2) is 0 Å². The van der Waals surface area contributed by atoms with Crippen LogP contribution >= 0.6 is 8.58 Å². The molecule has 0 atom stereocenters. The highest BCUT2D eigenvalue weighted by Crippen LogP contribution is 2.37. The van der Waals surface area contributed by atoms with Crippen molar-refractivity contribution < 1.29 is 0 Å². The van der Waals surface area contributed by atoms with E-state index >= 15 is 0 Å². The van der Waals surface area contributed by atoms with Crippen LogP contribution in [0.25, 0.3) is 0 Å². The second-order valence-corrected chi connectivity index (χ2v) is 13.8. The van der Waals surface area contributed by atoms with Crippen molar-refractivity contribution in [2.75, 3.05) is 0 Å². The van der Waals surface area contributed by atoms with Crippen molar-refractivity contribution in [3.05, 3.63) is 58.7 Å². The Hall–Kier alpha value is -1.13. The molecule has 0 amide bonds. The van der Waals surface area contributed by atoms with Crippen LogP contribution < -0.4 is 10.6 Å². The summed E-state index contributed by atoms with van der Waals surface area (Å²) < 4.78 is 0. The van der Waals surface area contributed by atoms with Gasteiger partial charge in [0, 0.05) is 0 Å². The molecule has 2 aromatic rings. The molecule has 0 bridgehead atoms. The molecule has 0 unspecified atom stereocenters. The molecular weight excluding hydrogens is 367 g/mol. The number of rotatable bonds is 2. The summed E-state index contributed by atoms with van der Waals surface area (Å²) in [5, 5.41) is 3.10. The fourth-order valence-electron chi connectivity index (χ4n) is 4.00. The zero-order chi connectivity index (χ0) is 22.4. The molecule has 0 aliphatic rings. The lowest BCUT2D eigenvalue weighted by Gasteiger charge is -2.34. The smallest absolute Gasteiger partial charge is 0.0125 e. The molecule has 0 radical (unpaired) electrons. The standard InChI is InChI=1S/C28H43P/c1-25(2,3)19-15-13-16-20(26(4,5)6)23(19)29-24-21(27(7,8)9)17-14-18-22(24)28(10,11)12/h13-18,29H,1-12H3. The molecule has 2 rings (SSSR count). The van der Waals surface area contributed by atoms with Crippen LogP contribution in [0.3, 0.4) is 0 Å². The molecular formula is C28H43P. The first-order valence-corrected chi connectivity index (χ1v) is 12.0. The summed E-state index contributed by atoms with van der Waals surface area (Å²) in [5.41, 5.74) is 6.48. The van der Waals surface area contributed by atoms with Gasteiger partial charge in [0.2, 0.25) is 0 Å². The predicted octanol–water partition coefficient (Wildman–Crippen LogP) is 7.51. The van der Waals surface area contributed by atoms with Gasteiger partial charge in [0.25, 0.3) is 0 Å². The first-order chi connectivity index (χ1) is 12.9. The zero-order valence-electron chi connectivity index (χ0n) is 21.0. The summed E-state index contributed by atoms with van der Waals surface area (Å²) in [6, 6.07) is 13.9. The second-order valence-electron chi connectivity index (χ2n) is 12.6. The van der Waals surface area contributed by atoms with Crippen molar-refractivity contribution in [3.8, 4) is 0 Å². The van der Waals surface area contributed by atoms with Crippen LogP contribution in [0, 0.1) is 0 Å². The Morgan fingerprint density at radius 2 is 0.621 bits per heavy atom. The maximum Gasteiger partial charge on any atom is -0.0125 e. The van der Waals surface area contributed by atoms with Gasteiger partial charge < -0.3 is 0 Å². The molecule has 0 aliphatic heterocycles. The van der Waals surface area contributed by atoms with Crippen LogP contribution in [0.4, 0.5) is 0 Å². The van der Waals surface area contributed by atoms with Gasteiger partial charge in [-0.3, -0.25) is 0 Å². The average Bonchev–Trinajstić information content (AvgIpc) is 2.51. The monoisotopic (exact) mass is 410 g/mol. The van der Waals surface area contributed by atoms with Crippen LogP contribution in [0.2, 0.25) is 0 Å². The van der Waals surface area contributed by atoms with E-state index < -0.39 is 0 Å². The molecule has 0 N–H and O–H groups in total. The molecule has 160 valence electrons. The largest absolute Gasteiger partial charge is 0.0616 e. The van der Waals surface area contributed by atoms with Crippen molar-refractivity contribution in [1.29, 1.82) is 0 Å². The van der Waals surface area contributed by atoms with Crippen LogP contribution in [-0.2, 0) is 21.7 Å². The Morgan fingerprint density at radius 3 is 0.793 bits per heavy atom. The molecule has 0 spiro atoms. The Balaban J connectivity index is 2.88. The summed E-state index contributed by atoms with van der Waals surface area (Å²) in [7, 11) is 0.666. The van der Waals surface area contributed by atoms with Crippen molar-refractivity contribution in [2.24, 2.45) is 0 Å². The Bertz CT molecular complexity index is 721. The third-order valence-electron chi connectivity index (χ3n) is 5.61. The highest BCUT2D eigenvalue weighted by Gasteiger charge is 2.30. The van der Waals surface area contributed by atoms with Gasteiger partial charge in [-0.25, -0.2) is 0 Å². The molecule has 1 heteroatoms. The quantitative estimate of drug-likeness (QED) is 0.449. The first-order valence-electron chi connectivity index (χ1n) is 11.0. The van der Waals surface area contributed by atoms with Gasteiger partial charge in [-0.15, -0.1) is 0 Å². The highest BCUT2D eigenvalue weighted by atomic mass is 31.1. The van der Waals surface area contributed by atoms with Crippen LogP contribution in [0.15, 0.2) is 36.4 Å². The fourth-order valence-corrected chi connectivity index (χ4v) is 6.62. The van der Waals surface area contributed by atoms with Crippen molar-refractivity contribution >= 4 is 19.2 Å². The van der Waals surface area contributed by atoms with Crippen LogP contribution in [0.1, 0.15) is 105 Å². The molecule has 0 saturated heterocycles. The van der Waals surface area contributed by atoms with E-state index in [9.17, 15) is 0 Å². The molecule has 0 nitrogen and oxygen atoms in total. The molecule has 0 aromatic heterocycles. The van der Waals surface area contributed by atoms with Crippen LogP contribution in [-0.4, -0.2) is 0 Å². The average molecular weight is 411 g/mol. The minimum Gasteiger partial charge on any atom is -0.0616 e. The third kappa shape index (κ3) is 5.52. The van der Waals surface area contributed by atoms with Crippen molar-refractivity contribution in [3.63, 3.8) is 0 Å². The molecule has 2 aromatic carbocycles. The van der Waals surface area contributed by atoms with E-state index in [-0.39, 0.29) is 21.7 Å². The van der Waals surface area contributed by atoms with Gasteiger partial charge in [-0.1, -0.05) is 128 Å². The lowest BCUT2D eigenvalue weighted by atomic mass is 9.80. The number of hydrogen-bond donors (Lipinski definition) is 0. The molecule has 0 saturated carbocycles. The number of hydrogen-bond acceptors (Lipinski definition) is 0. The minimum atomic E-state index is 0.127. The molecule has 0 heterocycles. The van der Waals surface area contributed by atoms with Gasteiger partial charge in [-0.05, 0) is 54.5 Å². The minimum absolute atomic E-state index is 0.127. The zero-order valence-corrected chi connectivity index (χ0v) is 22.0. The maximum atomic E-state index is 2.36. The normalized spacial score (nSPS) is 13.7. The molecule has 0 fully saturated rings. The van der Waals surface area contributed by atoms with E-state index in [0.717, 1.165) is 0 Å². The SMILES string of the molecule is CC(C)(C)c1cccc(C(C)(C)C)c1Pc1c(C(C)(C)C)cccc1C(C)(C)C. The van der Waals surface area contributed by atoms with E-state index in [1.54, 1.807) is 10.6 Å². The Kier molecular flexibility index (Phi) is 6.53. The lowest BCUT2D eigenvalue weighted by molar-refractivity contribution is 0.575. The first kappa shape index (κ1) is 24.1. The van der Waals surface area contributed by atoms with E-state index in [1.807, 2.05) is 0 Å². The Morgan fingerprint density at radius 1 is 0.414 bits per heavy atom. The summed E-state index contributed by atoms with van der Waals surface area (Å²) in [6.45, 7) is 28.2. The summed E-state index contributed by atoms with van der Waals surface area (Å²) in [6.07, 6.45) is 0.